The lowest BCUT2D eigenvalue weighted by atomic mass is 10.2. The highest BCUT2D eigenvalue weighted by molar-refractivity contribution is 9.10. The summed E-state index contributed by atoms with van der Waals surface area (Å²) < 4.78 is 5.90. The number of rotatable bonds is 5. The fraction of sp³-hybridized carbons (Fsp3) is 0.636. The van der Waals surface area contributed by atoms with Crippen LogP contribution in [0.15, 0.2) is 10.7 Å². The molecule has 1 saturated carbocycles. The van der Waals surface area contributed by atoms with Crippen LogP contribution < -0.4 is 10.1 Å². The second-order valence-electron chi connectivity index (χ2n) is 4.09. The van der Waals surface area contributed by atoms with E-state index in [-0.39, 0.29) is 0 Å². The van der Waals surface area contributed by atoms with Crippen LogP contribution in [0.3, 0.4) is 0 Å². The smallest absolute Gasteiger partial charge is 0.232 e. The molecule has 1 aromatic heterocycles. The van der Waals surface area contributed by atoms with Crippen molar-refractivity contribution in [2.45, 2.75) is 32.2 Å². The number of halogens is 1. The number of aromatic nitrogens is 2. The Labute approximate surface area is 104 Å². The van der Waals surface area contributed by atoms with Crippen molar-refractivity contribution in [3.63, 3.8) is 0 Å². The Morgan fingerprint density at radius 3 is 3.12 bits per heavy atom. The summed E-state index contributed by atoms with van der Waals surface area (Å²) in [6, 6.07) is 0.547. The van der Waals surface area contributed by atoms with Crippen LogP contribution in [0.1, 0.15) is 26.2 Å². The molecule has 0 aromatic carbocycles. The standard InChI is InChI=1S/C11H16BrN3O/c1-3-4-7-5-9(7)14-11-13-6-8(12)10(15-11)16-2/h6-7,9H,3-5H2,1-2H3,(H,13,14,15). The third-order valence-electron chi connectivity index (χ3n) is 2.80. The van der Waals surface area contributed by atoms with Crippen molar-refractivity contribution >= 4 is 21.9 Å². The maximum atomic E-state index is 5.12. The zero-order chi connectivity index (χ0) is 11.5. The topological polar surface area (TPSA) is 47.0 Å². The first kappa shape index (κ1) is 11.6. The van der Waals surface area contributed by atoms with Gasteiger partial charge in [0.15, 0.2) is 0 Å². The highest BCUT2D eigenvalue weighted by atomic mass is 79.9. The largest absolute Gasteiger partial charge is 0.480 e. The van der Waals surface area contributed by atoms with E-state index in [4.69, 9.17) is 4.74 Å². The molecule has 0 amide bonds. The number of nitrogens with zero attached hydrogens (tertiary/aromatic N) is 2. The molecule has 2 rings (SSSR count). The van der Waals surface area contributed by atoms with Gasteiger partial charge >= 0.3 is 0 Å². The van der Waals surface area contributed by atoms with Gasteiger partial charge in [-0.25, -0.2) is 4.98 Å². The van der Waals surface area contributed by atoms with E-state index in [9.17, 15) is 0 Å². The van der Waals surface area contributed by atoms with Gasteiger partial charge in [-0.15, -0.1) is 0 Å². The van der Waals surface area contributed by atoms with Gasteiger partial charge in [0.05, 0.1) is 17.8 Å². The number of nitrogens with one attached hydrogen (secondary N) is 1. The number of anilines is 1. The van der Waals surface area contributed by atoms with Crippen LogP contribution in [-0.4, -0.2) is 23.1 Å². The van der Waals surface area contributed by atoms with E-state index in [0.717, 1.165) is 10.4 Å². The van der Waals surface area contributed by atoms with Crippen molar-refractivity contribution < 1.29 is 4.74 Å². The van der Waals surface area contributed by atoms with E-state index >= 15 is 0 Å². The van der Waals surface area contributed by atoms with E-state index < -0.39 is 0 Å². The van der Waals surface area contributed by atoms with Crippen LogP contribution in [0.25, 0.3) is 0 Å². The quantitative estimate of drug-likeness (QED) is 0.904. The predicted octanol–water partition coefficient (Wildman–Crippen LogP) is 2.85. The molecular formula is C11H16BrN3O. The molecular weight excluding hydrogens is 270 g/mol. The van der Waals surface area contributed by atoms with Gasteiger partial charge in [0.1, 0.15) is 0 Å². The molecule has 5 heteroatoms. The van der Waals surface area contributed by atoms with Crippen molar-refractivity contribution in [3.05, 3.63) is 10.7 Å². The SMILES string of the molecule is CCCC1CC1Nc1ncc(Br)c(OC)n1. The van der Waals surface area contributed by atoms with Gasteiger partial charge in [-0.3, -0.25) is 0 Å². The fourth-order valence-electron chi connectivity index (χ4n) is 1.84. The minimum Gasteiger partial charge on any atom is -0.480 e. The predicted molar refractivity (Wildman–Crippen MR) is 66.7 cm³/mol. The first-order valence-electron chi connectivity index (χ1n) is 5.57. The maximum absolute atomic E-state index is 5.12. The van der Waals surface area contributed by atoms with Crippen LogP contribution in [0.2, 0.25) is 0 Å². The summed E-state index contributed by atoms with van der Waals surface area (Å²) in [5.41, 5.74) is 0. The molecule has 1 aliphatic carbocycles. The molecule has 4 nitrogen and oxygen atoms in total. The first-order valence-corrected chi connectivity index (χ1v) is 6.37. The van der Waals surface area contributed by atoms with Gasteiger partial charge in [0.2, 0.25) is 11.8 Å². The van der Waals surface area contributed by atoms with Crippen LogP contribution >= 0.6 is 15.9 Å². The zero-order valence-corrected chi connectivity index (χ0v) is 11.1. The van der Waals surface area contributed by atoms with Gasteiger partial charge in [0, 0.05) is 6.04 Å². The van der Waals surface area contributed by atoms with Gasteiger partial charge in [-0.05, 0) is 34.7 Å². The van der Waals surface area contributed by atoms with Gasteiger partial charge in [-0.2, -0.15) is 4.98 Å². The Morgan fingerprint density at radius 2 is 2.44 bits per heavy atom. The van der Waals surface area contributed by atoms with Crippen molar-refractivity contribution in [2.75, 3.05) is 12.4 Å². The Hall–Kier alpha value is -0.840. The zero-order valence-electron chi connectivity index (χ0n) is 9.53. The Balaban J connectivity index is 1.95. The molecule has 2 atom stereocenters. The van der Waals surface area contributed by atoms with E-state index in [1.54, 1.807) is 13.3 Å². The first-order chi connectivity index (χ1) is 7.74. The molecule has 1 aromatic rings. The lowest BCUT2D eigenvalue weighted by Gasteiger charge is -2.06. The summed E-state index contributed by atoms with van der Waals surface area (Å²) in [5, 5.41) is 3.33. The van der Waals surface area contributed by atoms with Gasteiger partial charge < -0.3 is 10.1 Å². The molecule has 0 saturated heterocycles. The van der Waals surface area contributed by atoms with E-state index in [2.05, 4.69) is 38.1 Å². The van der Waals surface area contributed by atoms with Crippen molar-refractivity contribution in [1.29, 1.82) is 0 Å². The second-order valence-corrected chi connectivity index (χ2v) is 4.94. The molecule has 88 valence electrons. The average molecular weight is 286 g/mol. The molecule has 2 unspecified atom stereocenters. The van der Waals surface area contributed by atoms with Crippen LogP contribution in [-0.2, 0) is 0 Å². The molecule has 0 aliphatic heterocycles. The van der Waals surface area contributed by atoms with E-state index in [1.807, 2.05) is 0 Å². The Kier molecular flexibility index (Phi) is 3.63. The average Bonchev–Trinajstić information content (AvgIpc) is 3.00. The maximum Gasteiger partial charge on any atom is 0.232 e. The Morgan fingerprint density at radius 1 is 1.62 bits per heavy atom. The van der Waals surface area contributed by atoms with Gasteiger partial charge in [-0.1, -0.05) is 13.3 Å². The summed E-state index contributed by atoms with van der Waals surface area (Å²) in [5.74, 6) is 2.03. The lowest BCUT2D eigenvalue weighted by Crippen LogP contribution is -2.08. The fourth-order valence-corrected chi connectivity index (χ4v) is 2.20. The molecule has 1 fully saturated rings. The normalized spacial score (nSPS) is 22.9. The molecule has 16 heavy (non-hydrogen) atoms. The number of methoxy groups -OCH3 is 1. The molecule has 1 heterocycles. The molecule has 0 bridgehead atoms. The summed E-state index contributed by atoms with van der Waals surface area (Å²) in [6.45, 7) is 2.22. The Bertz CT molecular complexity index is 372. The van der Waals surface area contributed by atoms with E-state index in [1.165, 1.54) is 19.3 Å². The second kappa shape index (κ2) is 4.99. The third kappa shape index (κ3) is 2.64. The minimum absolute atomic E-state index is 0.547. The molecule has 1 aliphatic rings. The summed E-state index contributed by atoms with van der Waals surface area (Å²) >= 11 is 3.33. The highest BCUT2D eigenvalue weighted by Gasteiger charge is 2.36. The summed E-state index contributed by atoms with van der Waals surface area (Å²) in [4.78, 5) is 8.49. The van der Waals surface area contributed by atoms with Crippen molar-refractivity contribution in [2.24, 2.45) is 5.92 Å². The minimum atomic E-state index is 0.547. The molecule has 1 N–H and O–H groups in total. The number of hydrogen-bond acceptors (Lipinski definition) is 4. The summed E-state index contributed by atoms with van der Waals surface area (Å²) in [7, 11) is 1.61. The number of ether oxygens (including phenoxy) is 1. The van der Waals surface area contributed by atoms with Crippen LogP contribution in [0.5, 0.6) is 5.88 Å². The third-order valence-corrected chi connectivity index (χ3v) is 3.35. The van der Waals surface area contributed by atoms with Gasteiger partial charge in [0.25, 0.3) is 0 Å². The molecule has 0 radical (unpaired) electrons. The number of hydrogen-bond donors (Lipinski definition) is 1. The monoisotopic (exact) mass is 285 g/mol. The van der Waals surface area contributed by atoms with Crippen LogP contribution in [0, 0.1) is 5.92 Å². The van der Waals surface area contributed by atoms with Crippen LogP contribution in [0.4, 0.5) is 5.95 Å². The molecule has 0 spiro atoms. The van der Waals surface area contributed by atoms with E-state index in [0.29, 0.717) is 17.9 Å². The summed E-state index contributed by atoms with van der Waals surface area (Å²) in [6.07, 6.45) is 5.47. The lowest BCUT2D eigenvalue weighted by molar-refractivity contribution is 0.394. The van der Waals surface area contributed by atoms with Crippen molar-refractivity contribution in [1.82, 2.24) is 9.97 Å². The highest BCUT2D eigenvalue weighted by Crippen LogP contribution is 2.37. The van der Waals surface area contributed by atoms with Crippen molar-refractivity contribution in [3.8, 4) is 5.88 Å².